The van der Waals surface area contributed by atoms with Gasteiger partial charge in [0.05, 0.1) is 0 Å². The van der Waals surface area contributed by atoms with Gasteiger partial charge in [-0.25, -0.2) is 0 Å². The second kappa shape index (κ2) is 35.3. The summed E-state index contributed by atoms with van der Waals surface area (Å²) in [5.74, 6) is -2.63. The van der Waals surface area contributed by atoms with Gasteiger partial charge in [0, 0.05) is 32.1 Å². The summed E-state index contributed by atoms with van der Waals surface area (Å²) < 4.78 is 36.1. The normalized spacial score (nSPS) is 19.1. The van der Waals surface area contributed by atoms with Crippen molar-refractivity contribution in [3.8, 4) is 0 Å². The van der Waals surface area contributed by atoms with E-state index in [4.69, 9.17) is 28.4 Å². The first-order chi connectivity index (χ1) is 27.7. The highest BCUT2D eigenvalue weighted by atomic mass is 16.7. The smallest absolute Gasteiger partial charge is 0.308 e. The third kappa shape index (κ3) is 26.1. The molecule has 1 rings (SSSR count). The number of rotatable bonds is 36. The van der Waals surface area contributed by atoms with Crippen molar-refractivity contribution < 1.29 is 52.4 Å². The lowest BCUT2D eigenvalue weighted by molar-refractivity contribution is -0.301. The van der Waals surface area contributed by atoms with Crippen LogP contribution in [0.1, 0.15) is 227 Å². The molecule has 11 heteroatoms. The molecule has 57 heavy (non-hydrogen) atoms. The summed E-state index contributed by atoms with van der Waals surface area (Å²) >= 11 is 0. The summed E-state index contributed by atoms with van der Waals surface area (Å²) in [4.78, 5) is 66.7. The Morgan fingerprint density at radius 3 is 1.02 bits per heavy atom. The number of hydrogen-bond acceptors (Lipinski definition) is 11. The molecule has 1 aliphatic heterocycles. The zero-order valence-electron chi connectivity index (χ0n) is 36.8. The molecule has 11 nitrogen and oxygen atoms in total. The molecule has 0 saturated carbocycles. The molecule has 0 aliphatic carbocycles. The first kappa shape index (κ1) is 52.3. The standard InChI is InChI=1S/C46H82O11/c1-6-11-16-21-26-31-38(47)52-36-37-43(54-39(48)32-27-22-17-12-7-2)44(55-40(49)33-28-23-18-13-8-3)45(56-41(50)34-29-24-19-14-9-4)46(53-37)57-42(51)35-30-25-20-15-10-5/h37,43-46H,6-36H2,1-5H3/t37-,43-,44+,45-,46-/m1/s1. The van der Waals surface area contributed by atoms with Gasteiger partial charge in [-0.2, -0.15) is 0 Å². The summed E-state index contributed by atoms with van der Waals surface area (Å²) in [6, 6.07) is 0. The SMILES string of the molecule is CCCCCCCC(=O)OC[C@H]1O[C@H](OC(=O)CCCCCCC)[C@H](OC(=O)CCCCCCC)[C@@H](OC(=O)CCCCCCC)[C@@H]1OC(=O)CCCCCCC. The molecule has 1 saturated heterocycles. The molecule has 0 spiro atoms. The summed E-state index contributed by atoms with van der Waals surface area (Å²) in [7, 11) is 0. The van der Waals surface area contributed by atoms with Gasteiger partial charge in [-0.1, -0.05) is 163 Å². The molecular formula is C46H82O11. The van der Waals surface area contributed by atoms with Gasteiger partial charge in [0.25, 0.3) is 0 Å². The fourth-order valence-electron chi connectivity index (χ4n) is 6.94. The average molecular weight is 811 g/mol. The second-order valence-electron chi connectivity index (χ2n) is 15.9. The fraction of sp³-hybridized carbons (Fsp3) is 0.891. The minimum Gasteiger partial charge on any atom is -0.463 e. The van der Waals surface area contributed by atoms with Gasteiger partial charge in [-0.05, 0) is 32.1 Å². The van der Waals surface area contributed by atoms with Gasteiger partial charge < -0.3 is 28.4 Å². The monoisotopic (exact) mass is 811 g/mol. The van der Waals surface area contributed by atoms with Crippen LogP contribution < -0.4 is 0 Å². The Kier molecular flexibility index (Phi) is 32.4. The highest BCUT2D eigenvalue weighted by Crippen LogP contribution is 2.32. The van der Waals surface area contributed by atoms with Gasteiger partial charge in [-0.15, -0.1) is 0 Å². The highest BCUT2D eigenvalue weighted by molar-refractivity contribution is 5.72. The molecular weight excluding hydrogens is 728 g/mol. The Hall–Kier alpha value is -2.69. The summed E-state index contributed by atoms with van der Waals surface area (Å²) in [5, 5.41) is 0. The van der Waals surface area contributed by atoms with E-state index in [9.17, 15) is 24.0 Å². The molecule has 5 atom stereocenters. The van der Waals surface area contributed by atoms with Crippen LogP contribution in [0, 0.1) is 0 Å². The zero-order chi connectivity index (χ0) is 41.9. The lowest BCUT2D eigenvalue weighted by atomic mass is 9.97. The summed E-state index contributed by atoms with van der Waals surface area (Å²) in [5.41, 5.74) is 0. The maximum Gasteiger partial charge on any atom is 0.308 e. The van der Waals surface area contributed by atoms with Crippen molar-refractivity contribution in [1.82, 2.24) is 0 Å². The van der Waals surface area contributed by atoms with Crippen LogP contribution in [0.25, 0.3) is 0 Å². The van der Waals surface area contributed by atoms with E-state index in [1.54, 1.807) is 0 Å². The van der Waals surface area contributed by atoms with Crippen LogP contribution in [0.15, 0.2) is 0 Å². The Balaban J connectivity index is 3.47. The van der Waals surface area contributed by atoms with E-state index in [0.29, 0.717) is 32.1 Å². The van der Waals surface area contributed by atoms with Crippen LogP contribution in [0.5, 0.6) is 0 Å². The van der Waals surface area contributed by atoms with Crippen LogP contribution >= 0.6 is 0 Å². The lowest BCUT2D eigenvalue weighted by Crippen LogP contribution is -2.63. The van der Waals surface area contributed by atoms with E-state index < -0.39 is 60.6 Å². The molecule has 0 bridgehead atoms. The third-order valence-corrected chi connectivity index (χ3v) is 10.5. The predicted octanol–water partition coefficient (Wildman–Crippen LogP) is 11.3. The van der Waals surface area contributed by atoms with Crippen molar-refractivity contribution >= 4 is 29.8 Å². The first-order valence-corrected chi connectivity index (χ1v) is 23.3. The topological polar surface area (TPSA) is 141 Å². The van der Waals surface area contributed by atoms with Gasteiger partial charge in [0.15, 0.2) is 12.2 Å². The van der Waals surface area contributed by atoms with Crippen molar-refractivity contribution in [2.75, 3.05) is 6.61 Å². The van der Waals surface area contributed by atoms with Gasteiger partial charge in [0.1, 0.15) is 12.7 Å². The first-order valence-electron chi connectivity index (χ1n) is 23.3. The number of hydrogen-bond donors (Lipinski definition) is 0. The average Bonchev–Trinajstić information content (AvgIpc) is 3.19. The minimum absolute atomic E-state index is 0.108. The van der Waals surface area contributed by atoms with Gasteiger partial charge in [-0.3, -0.25) is 24.0 Å². The lowest BCUT2D eigenvalue weighted by Gasteiger charge is -2.44. The van der Waals surface area contributed by atoms with Gasteiger partial charge in [0.2, 0.25) is 12.4 Å². The molecule has 1 fully saturated rings. The van der Waals surface area contributed by atoms with E-state index in [-0.39, 0.29) is 38.7 Å². The molecule has 0 aromatic rings. The number of unbranched alkanes of at least 4 members (excludes halogenated alkanes) is 20. The third-order valence-electron chi connectivity index (χ3n) is 10.5. The van der Waals surface area contributed by atoms with E-state index in [0.717, 1.165) is 128 Å². The molecule has 0 radical (unpaired) electrons. The summed E-state index contributed by atoms with van der Waals surface area (Å²) in [6.45, 7) is 10.3. The van der Waals surface area contributed by atoms with Crippen LogP contribution in [0.4, 0.5) is 0 Å². The van der Waals surface area contributed by atoms with E-state index in [2.05, 4.69) is 34.6 Å². The number of esters is 5. The van der Waals surface area contributed by atoms with Gasteiger partial charge >= 0.3 is 29.8 Å². The molecule has 0 amide bonds. The van der Waals surface area contributed by atoms with Crippen LogP contribution in [-0.4, -0.2) is 67.2 Å². The molecule has 1 heterocycles. The maximum absolute atomic E-state index is 13.5. The van der Waals surface area contributed by atoms with E-state index in [1.165, 1.54) is 0 Å². The van der Waals surface area contributed by atoms with Crippen LogP contribution in [0.3, 0.4) is 0 Å². The Morgan fingerprint density at radius 1 is 0.351 bits per heavy atom. The Morgan fingerprint density at radius 2 is 0.649 bits per heavy atom. The molecule has 0 aromatic heterocycles. The molecule has 0 aromatic carbocycles. The quantitative estimate of drug-likeness (QED) is 0.0339. The summed E-state index contributed by atoms with van der Waals surface area (Å²) in [6.07, 6.45) is 17.1. The van der Waals surface area contributed by atoms with Crippen molar-refractivity contribution in [3.63, 3.8) is 0 Å². The number of ether oxygens (including phenoxy) is 6. The van der Waals surface area contributed by atoms with Crippen molar-refractivity contribution in [2.24, 2.45) is 0 Å². The maximum atomic E-state index is 13.5. The minimum atomic E-state index is -1.48. The number of carbonyl (C=O) groups excluding carboxylic acids is 5. The van der Waals surface area contributed by atoms with Crippen molar-refractivity contribution in [1.29, 1.82) is 0 Å². The highest BCUT2D eigenvalue weighted by Gasteiger charge is 2.54. The zero-order valence-corrected chi connectivity index (χ0v) is 36.8. The molecule has 0 N–H and O–H groups in total. The van der Waals surface area contributed by atoms with E-state index in [1.807, 2.05) is 0 Å². The molecule has 0 unspecified atom stereocenters. The Bertz CT molecular complexity index is 1060. The Labute approximate surface area is 346 Å². The predicted molar refractivity (Wildman–Crippen MR) is 222 cm³/mol. The van der Waals surface area contributed by atoms with Crippen LogP contribution in [-0.2, 0) is 52.4 Å². The van der Waals surface area contributed by atoms with E-state index >= 15 is 0 Å². The molecule has 332 valence electrons. The van der Waals surface area contributed by atoms with Crippen LogP contribution in [0.2, 0.25) is 0 Å². The second-order valence-corrected chi connectivity index (χ2v) is 15.9. The molecule has 1 aliphatic rings. The fourth-order valence-corrected chi connectivity index (χ4v) is 6.94. The van der Waals surface area contributed by atoms with Crippen molar-refractivity contribution in [3.05, 3.63) is 0 Å². The number of carbonyl (C=O) groups is 5. The largest absolute Gasteiger partial charge is 0.463 e. The van der Waals surface area contributed by atoms with Crippen molar-refractivity contribution in [2.45, 2.75) is 258 Å².